The molecule has 69 heavy (non-hydrogen) atoms. The molecule has 0 spiro atoms. The largest absolute Gasteiger partial charge is 0.455 e. The van der Waals surface area contributed by atoms with Gasteiger partial charge in [-0.25, -0.2) is 0 Å². The highest BCUT2D eigenvalue weighted by atomic mass is 16.3. The maximum Gasteiger partial charge on any atom is 0.143 e. The Hall–Kier alpha value is -9.18. The van der Waals surface area contributed by atoms with Crippen LogP contribution in [-0.2, 0) is 0 Å². The third kappa shape index (κ3) is 7.08. The van der Waals surface area contributed by atoms with Crippen LogP contribution in [0.15, 0.2) is 271 Å². The number of hydrogen-bond acceptors (Lipinski definition) is 2. The van der Waals surface area contributed by atoms with Crippen molar-refractivity contribution >= 4 is 60.8 Å². The highest BCUT2D eigenvalue weighted by molar-refractivity contribution is 6.11. The van der Waals surface area contributed by atoms with E-state index in [1.165, 1.54) is 49.7 Å². The third-order valence-corrected chi connectivity index (χ3v) is 13.7. The molecule has 3 heteroatoms. The van der Waals surface area contributed by atoms with Crippen molar-refractivity contribution in [2.45, 2.75) is 0 Å². The number of nitrogens with zero attached hydrogens (tertiary/aromatic N) is 2. The molecule has 0 aliphatic heterocycles. The molecule has 0 bridgehead atoms. The van der Waals surface area contributed by atoms with E-state index in [1.54, 1.807) is 0 Å². The van der Waals surface area contributed by atoms with E-state index in [0.717, 1.165) is 72.4 Å². The number of rotatable bonds is 9. The van der Waals surface area contributed by atoms with Crippen molar-refractivity contribution in [1.82, 2.24) is 4.57 Å². The van der Waals surface area contributed by atoms with Crippen molar-refractivity contribution in [3.63, 3.8) is 0 Å². The Bertz CT molecular complexity index is 3920. The Labute approximate surface area is 401 Å². The lowest BCUT2D eigenvalue weighted by Crippen LogP contribution is -2.11. The number of anilines is 3. The molecule has 0 fully saturated rings. The van der Waals surface area contributed by atoms with Gasteiger partial charge in [-0.2, -0.15) is 0 Å². The van der Waals surface area contributed by atoms with Crippen molar-refractivity contribution in [2.75, 3.05) is 4.90 Å². The van der Waals surface area contributed by atoms with Crippen LogP contribution in [0, 0.1) is 0 Å². The fourth-order valence-corrected chi connectivity index (χ4v) is 10.3. The van der Waals surface area contributed by atoms with Gasteiger partial charge in [-0.15, -0.1) is 0 Å². The number of aromatic nitrogens is 1. The van der Waals surface area contributed by atoms with E-state index >= 15 is 0 Å². The zero-order chi connectivity index (χ0) is 45.7. The highest BCUT2D eigenvalue weighted by Gasteiger charge is 2.19. The van der Waals surface area contributed by atoms with E-state index < -0.39 is 0 Å². The van der Waals surface area contributed by atoms with Gasteiger partial charge in [-0.05, 0) is 93.5 Å². The fourth-order valence-electron chi connectivity index (χ4n) is 10.3. The van der Waals surface area contributed by atoms with Crippen LogP contribution in [0.2, 0.25) is 0 Å². The molecule has 0 atom stereocenters. The van der Waals surface area contributed by atoms with Gasteiger partial charge in [0, 0.05) is 49.6 Å². The summed E-state index contributed by atoms with van der Waals surface area (Å²) in [5.74, 6) is 0. The summed E-state index contributed by atoms with van der Waals surface area (Å²) in [7, 11) is 0. The predicted molar refractivity (Wildman–Crippen MR) is 290 cm³/mol. The van der Waals surface area contributed by atoms with Crippen LogP contribution in [0.4, 0.5) is 17.1 Å². The minimum atomic E-state index is 0.910. The average Bonchev–Trinajstić information content (AvgIpc) is 3.98. The molecule has 0 N–H and O–H groups in total. The summed E-state index contributed by atoms with van der Waals surface area (Å²) in [6, 6.07) is 96.0. The first-order valence-electron chi connectivity index (χ1n) is 23.6. The van der Waals surface area contributed by atoms with Crippen molar-refractivity contribution < 1.29 is 4.42 Å². The molecule has 13 rings (SSSR count). The molecule has 3 nitrogen and oxygen atoms in total. The molecule has 0 radical (unpaired) electrons. The number of hydrogen-bond donors (Lipinski definition) is 0. The Balaban J connectivity index is 0.824. The van der Waals surface area contributed by atoms with E-state index in [0.29, 0.717) is 0 Å². The van der Waals surface area contributed by atoms with Gasteiger partial charge in [-0.3, -0.25) is 0 Å². The standard InChI is InChI=1S/C66H44N2O/c1-2-15-49(16-3-1)54-17-4-9-24-61(54)67(53-43-39-48(40-44-53)46-31-35-51(36-32-46)56-22-14-23-60-59-21-8-13-28-65(59)69-66(56)60)52-41-37-47(38-42-52)45-29-33-50(34-30-45)55-18-5-10-25-62(55)68-63-26-11-6-19-57(63)58-20-7-12-27-64(58)68/h1-44H. The van der Waals surface area contributed by atoms with Gasteiger partial charge in [0.2, 0.25) is 0 Å². The van der Waals surface area contributed by atoms with E-state index in [9.17, 15) is 0 Å². The summed E-state index contributed by atoms with van der Waals surface area (Å²) in [5.41, 5.74) is 20.3. The van der Waals surface area contributed by atoms with Crippen LogP contribution in [-0.4, -0.2) is 4.57 Å². The second-order valence-electron chi connectivity index (χ2n) is 17.6. The molecule has 13 aromatic rings. The van der Waals surface area contributed by atoms with Crippen LogP contribution in [0.25, 0.3) is 105 Å². The molecule has 0 unspecified atom stereocenters. The number of para-hydroxylation sites is 6. The molecular formula is C66H44N2O. The first kappa shape index (κ1) is 40.1. The molecule has 0 amide bonds. The Morgan fingerprint density at radius 3 is 1.32 bits per heavy atom. The lowest BCUT2D eigenvalue weighted by atomic mass is 9.98. The summed E-state index contributed by atoms with van der Waals surface area (Å²) < 4.78 is 8.78. The summed E-state index contributed by atoms with van der Waals surface area (Å²) in [6.45, 7) is 0. The van der Waals surface area contributed by atoms with Gasteiger partial charge < -0.3 is 13.9 Å². The monoisotopic (exact) mass is 880 g/mol. The summed E-state index contributed by atoms with van der Waals surface area (Å²) in [4.78, 5) is 2.38. The number of fused-ring (bicyclic) bond motifs is 6. The molecule has 324 valence electrons. The van der Waals surface area contributed by atoms with Crippen molar-refractivity contribution in [3.8, 4) is 61.3 Å². The Morgan fingerprint density at radius 2 is 0.696 bits per heavy atom. The second kappa shape index (κ2) is 16.9. The molecule has 0 aliphatic carbocycles. The maximum atomic E-state index is 6.38. The summed E-state index contributed by atoms with van der Waals surface area (Å²) in [6.07, 6.45) is 0. The lowest BCUT2D eigenvalue weighted by molar-refractivity contribution is 0.670. The van der Waals surface area contributed by atoms with Crippen LogP contribution in [0.3, 0.4) is 0 Å². The van der Waals surface area contributed by atoms with Gasteiger partial charge in [0.05, 0.1) is 22.4 Å². The van der Waals surface area contributed by atoms with Crippen molar-refractivity contribution in [2.24, 2.45) is 0 Å². The minimum absolute atomic E-state index is 0.910. The molecule has 11 aromatic carbocycles. The predicted octanol–water partition coefficient (Wildman–Crippen LogP) is 18.5. The lowest BCUT2D eigenvalue weighted by Gasteiger charge is -2.28. The van der Waals surface area contributed by atoms with Crippen LogP contribution >= 0.6 is 0 Å². The quantitative estimate of drug-likeness (QED) is 0.144. The molecule has 2 aromatic heterocycles. The van der Waals surface area contributed by atoms with Crippen LogP contribution < -0.4 is 4.90 Å². The maximum absolute atomic E-state index is 6.38. The molecule has 2 heterocycles. The smallest absolute Gasteiger partial charge is 0.143 e. The zero-order valence-electron chi connectivity index (χ0n) is 37.7. The van der Waals surface area contributed by atoms with E-state index in [2.05, 4.69) is 264 Å². The Morgan fingerprint density at radius 1 is 0.275 bits per heavy atom. The number of furan rings is 1. The second-order valence-corrected chi connectivity index (χ2v) is 17.6. The fraction of sp³-hybridized carbons (Fsp3) is 0. The first-order valence-corrected chi connectivity index (χ1v) is 23.6. The summed E-state index contributed by atoms with van der Waals surface area (Å²) >= 11 is 0. The third-order valence-electron chi connectivity index (χ3n) is 13.7. The Kier molecular flexibility index (Phi) is 9.84. The highest BCUT2D eigenvalue weighted by Crippen LogP contribution is 2.43. The summed E-state index contributed by atoms with van der Waals surface area (Å²) in [5, 5.41) is 4.80. The minimum Gasteiger partial charge on any atom is -0.455 e. The van der Waals surface area contributed by atoms with Gasteiger partial charge >= 0.3 is 0 Å². The topological polar surface area (TPSA) is 21.3 Å². The van der Waals surface area contributed by atoms with Crippen LogP contribution in [0.1, 0.15) is 0 Å². The normalized spacial score (nSPS) is 11.5. The molecule has 0 saturated heterocycles. The zero-order valence-corrected chi connectivity index (χ0v) is 37.7. The average molecular weight is 881 g/mol. The van der Waals surface area contributed by atoms with Gasteiger partial charge in [0.25, 0.3) is 0 Å². The van der Waals surface area contributed by atoms with E-state index in [1.807, 2.05) is 12.1 Å². The molecular weight excluding hydrogens is 837 g/mol. The van der Waals surface area contributed by atoms with E-state index in [-0.39, 0.29) is 0 Å². The SMILES string of the molecule is c1ccc(-c2ccccc2N(c2ccc(-c3ccc(-c4ccccc4-n4c5ccccc5c5ccccc54)cc3)cc2)c2ccc(-c3ccc(-c4cccc5c4oc4ccccc45)cc3)cc2)cc1. The van der Waals surface area contributed by atoms with E-state index in [4.69, 9.17) is 4.42 Å². The molecule has 0 aliphatic rings. The first-order chi connectivity index (χ1) is 34.2. The number of benzene rings is 11. The van der Waals surface area contributed by atoms with Gasteiger partial charge in [-0.1, -0.05) is 212 Å². The van der Waals surface area contributed by atoms with Gasteiger partial charge in [0.15, 0.2) is 0 Å². The van der Waals surface area contributed by atoms with Crippen molar-refractivity contribution in [3.05, 3.63) is 267 Å². The molecule has 0 saturated carbocycles. The van der Waals surface area contributed by atoms with Crippen molar-refractivity contribution in [1.29, 1.82) is 0 Å². The van der Waals surface area contributed by atoms with Gasteiger partial charge in [0.1, 0.15) is 11.2 Å². The van der Waals surface area contributed by atoms with Crippen LogP contribution in [0.5, 0.6) is 0 Å².